The fourth-order valence-electron chi connectivity index (χ4n) is 4.42. The van der Waals surface area contributed by atoms with Gasteiger partial charge in [0.15, 0.2) is 4.34 Å². The molecule has 0 radical (unpaired) electrons. The average Bonchev–Trinajstić information content (AvgIpc) is 3.43. The van der Waals surface area contributed by atoms with Gasteiger partial charge in [0.1, 0.15) is 0 Å². The van der Waals surface area contributed by atoms with Crippen molar-refractivity contribution in [1.82, 2.24) is 19.9 Å². The Balaban J connectivity index is 1.16. The predicted molar refractivity (Wildman–Crippen MR) is 164 cm³/mol. The lowest BCUT2D eigenvalue weighted by molar-refractivity contribution is -0.115. The molecule has 14 heteroatoms. The van der Waals surface area contributed by atoms with E-state index in [0.29, 0.717) is 49.3 Å². The molecule has 11 nitrogen and oxygen atoms in total. The normalized spacial score (nSPS) is 15.8. The third kappa shape index (κ3) is 6.81. The molecule has 4 aromatic rings. The summed E-state index contributed by atoms with van der Waals surface area (Å²) in [6, 6.07) is 13.2. The Bertz CT molecular complexity index is 1470. The van der Waals surface area contributed by atoms with Crippen molar-refractivity contribution in [2.75, 3.05) is 85.4 Å². The molecular weight excluding hydrogens is 584 g/mol. The van der Waals surface area contributed by atoms with Gasteiger partial charge in [0, 0.05) is 49.6 Å². The van der Waals surface area contributed by atoms with Gasteiger partial charge in [0.05, 0.1) is 42.4 Å². The fraction of sp³-hybridized carbons (Fsp3) is 0.370. The monoisotopic (exact) mass is 612 g/mol. The second-order valence-corrected chi connectivity index (χ2v) is 12.2. The number of benzene rings is 2. The number of fused-ring (bicyclic) bond motifs is 1. The summed E-state index contributed by atoms with van der Waals surface area (Å²) in [6.45, 7) is 5.52. The fourth-order valence-corrected chi connectivity index (χ4v) is 6.57. The van der Waals surface area contributed by atoms with Crippen molar-refractivity contribution in [3.63, 3.8) is 0 Å². The molecule has 2 aliphatic heterocycles. The standard InChI is InChI=1S/C27H29ClN8O3S2/c1-34(20-5-2-18(28)3-6-20)23(37)17-40-27-30-21-7-4-19(16-22(21)41-27)29-24-31-25(35-8-12-38-13-9-35)33-26(32-24)36-10-14-39-15-11-36/h2-7,16H,8-15,17H2,1H3,(H,29,31,32,33). The largest absolute Gasteiger partial charge is 0.378 e. The molecule has 6 rings (SSSR count). The number of morpholine rings is 2. The van der Waals surface area contributed by atoms with Crippen LogP contribution in [0, 0.1) is 0 Å². The van der Waals surface area contributed by atoms with Crippen LogP contribution in [0.3, 0.4) is 0 Å². The lowest BCUT2D eigenvalue weighted by atomic mass is 10.3. The van der Waals surface area contributed by atoms with Crippen molar-refractivity contribution in [2.45, 2.75) is 4.34 Å². The van der Waals surface area contributed by atoms with E-state index in [4.69, 9.17) is 41.0 Å². The summed E-state index contributed by atoms with van der Waals surface area (Å²) < 4.78 is 12.9. The molecule has 214 valence electrons. The third-order valence-corrected chi connectivity index (χ3v) is 9.13. The van der Waals surface area contributed by atoms with E-state index in [1.165, 1.54) is 11.8 Å². The van der Waals surface area contributed by atoms with Crippen molar-refractivity contribution < 1.29 is 14.3 Å². The van der Waals surface area contributed by atoms with Gasteiger partial charge in [-0.05, 0) is 42.5 Å². The molecule has 41 heavy (non-hydrogen) atoms. The number of amides is 1. The number of thiazole rings is 1. The Kier molecular flexibility index (Phi) is 8.67. The quantitative estimate of drug-likeness (QED) is 0.288. The summed E-state index contributed by atoms with van der Waals surface area (Å²) in [5.74, 6) is 2.03. The molecule has 0 spiro atoms. The topological polar surface area (TPSA) is 109 Å². The smallest absolute Gasteiger partial charge is 0.237 e. The first-order valence-corrected chi connectivity index (χ1v) is 15.4. The third-order valence-electron chi connectivity index (χ3n) is 6.73. The number of rotatable bonds is 8. The molecule has 4 heterocycles. The Hall–Kier alpha value is -3.23. The molecule has 1 amide bonds. The van der Waals surface area contributed by atoms with Crippen LogP contribution in [0.2, 0.25) is 5.02 Å². The minimum atomic E-state index is -0.0130. The Morgan fingerprint density at radius 3 is 2.22 bits per heavy atom. The predicted octanol–water partition coefficient (Wildman–Crippen LogP) is 4.31. The second-order valence-electron chi connectivity index (χ2n) is 9.46. The van der Waals surface area contributed by atoms with Crippen LogP contribution in [0.1, 0.15) is 0 Å². The van der Waals surface area contributed by atoms with E-state index in [2.05, 4.69) is 15.1 Å². The number of halogens is 1. The summed E-state index contributed by atoms with van der Waals surface area (Å²) in [4.78, 5) is 37.6. The van der Waals surface area contributed by atoms with E-state index in [-0.39, 0.29) is 11.7 Å². The van der Waals surface area contributed by atoms with E-state index in [9.17, 15) is 4.79 Å². The summed E-state index contributed by atoms with van der Waals surface area (Å²) in [7, 11) is 1.76. The van der Waals surface area contributed by atoms with E-state index in [0.717, 1.165) is 52.1 Å². The van der Waals surface area contributed by atoms with E-state index < -0.39 is 0 Å². The van der Waals surface area contributed by atoms with Crippen molar-refractivity contribution in [3.8, 4) is 0 Å². The number of aromatic nitrogens is 4. The number of nitrogens with one attached hydrogen (secondary N) is 1. The molecular formula is C27H29ClN8O3S2. The van der Waals surface area contributed by atoms with Gasteiger partial charge in [-0.15, -0.1) is 11.3 Å². The second kappa shape index (κ2) is 12.7. The Morgan fingerprint density at radius 1 is 0.951 bits per heavy atom. The SMILES string of the molecule is CN(C(=O)CSc1nc2ccc(Nc3nc(N4CCOCC4)nc(N4CCOCC4)n3)cc2s1)c1ccc(Cl)cc1. The Labute approximate surface area is 250 Å². The van der Waals surface area contributed by atoms with E-state index >= 15 is 0 Å². The maximum Gasteiger partial charge on any atom is 0.237 e. The van der Waals surface area contributed by atoms with Gasteiger partial charge in [-0.1, -0.05) is 23.4 Å². The van der Waals surface area contributed by atoms with Gasteiger partial charge in [-0.2, -0.15) is 15.0 Å². The van der Waals surface area contributed by atoms with Crippen LogP contribution in [0.4, 0.5) is 29.2 Å². The van der Waals surface area contributed by atoms with Crippen LogP contribution >= 0.6 is 34.7 Å². The minimum Gasteiger partial charge on any atom is -0.378 e. The first-order valence-electron chi connectivity index (χ1n) is 13.3. The number of hydrogen-bond acceptors (Lipinski definition) is 12. The molecule has 2 fully saturated rings. The maximum absolute atomic E-state index is 12.8. The molecule has 2 aromatic carbocycles. The van der Waals surface area contributed by atoms with Crippen LogP contribution in [-0.2, 0) is 14.3 Å². The molecule has 0 atom stereocenters. The van der Waals surface area contributed by atoms with Gasteiger partial charge >= 0.3 is 0 Å². The number of hydrogen-bond donors (Lipinski definition) is 1. The lowest BCUT2D eigenvalue weighted by Crippen LogP contribution is -2.40. The number of carbonyl (C=O) groups excluding carboxylic acids is 1. The van der Waals surface area contributed by atoms with Crippen LogP contribution in [0.5, 0.6) is 0 Å². The molecule has 2 aliphatic rings. The van der Waals surface area contributed by atoms with Crippen molar-refractivity contribution in [2.24, 2.45) is 0 Å². The highest BCUT2D eigenvalue weighted by molar-refractivity contribution is 8.01. The Morgan fingerprint density at radius 2 is 1.59 bits per heavy atom. The average molecular weight is 613 g/mol. The van der Waals surface area contributed by atoms with Crippen molar-refractivity contribution >= 4 is 80.0 Å². The number of nitrogens with zero attached hydrogens (tertiary/aromatic N) is 7. The summed E-state index contributed by atoms with van der Waals surface area (Å²) in [5, 5.41) is 4.01. The zero-order valence-corrected chi connectivity index (χ0v) is 24.8. The van der Waals surface area contributed by atoms with Gasteiger partial charge in [-0.25, -0.2) is 4.98 Å². The minimum absolute atomic E-state index is 0.0130. The van der Waals surface area contributed by atoms with Gasteiger partial charge in [0.25, 0.3) is 0 Å². The lowest BCUT2D eigenvalue weighted by Gasteiger charge is -2.30. The number of anilines is 5. The first-order chi connectivity index (χ1) is 20.0. The van der Waals surface area contributed by atoms with Gasteiger partial charge in [0.2, 0.25) is 23.8 Å². The zero-order chi connectivity index (χ0) is 28.2. The number of thioether (sulfide) groups is 1. The maximum atomic E-state index is 12.8. The van der Waals surface area contributed by atoms with Gasteiger partial charge in [-0.3, -0.25) is 4.79 Å². The molecule has 0 saturated carbocycles. The summed E-state index contributed by atoms with van der Waals surface area (Å²) >= 11 is 8.95. The first kappa shape index (κ1) is 27.9. The van der Waals surface area contributed by atoms with Crippen molar-refractivity contribution in [3.05, 3.63) is 47.5 Å². The summed E-state index contributed by atoms with van der Waals surface area (Å²) in [5.41, 5.74) is 2.52. The highest BCUT2D eigenvalue weighted by Crippen LogP contribution is 2.32. The highest BCUT2D eigenvalue weighted by atomic mass is 35.5. The molecule has 0 aliphatic carbocycles. The zero-order valence-electron chi connectivity index (χ0n) is 22.5. The molecule has 0 bridgehead atoms. The molecule has 1 N–H and O–H groups in total. The van der Waals surface area contributed by atoms with Crippen LogP contribution in [-0.4, -0.2) is 91.3 Å². The van der Waals surface area contributed by atoms with Crippen LogP contribution < -0.4 is 20.0 Å². The molecule has 2 saturated heterocycles. The number of ether oxygens (including phenoxy) is 2. The molecule has 2 aromatic heterocycles. The van der Waals surface area contributed by atoms with Crippen molar-refractivity contribution in [1.29, 1.82) is 0 Å². The highest BCUT2D eigenvalue weighted by Gasteiger charge is 2.21. The van der Waals surface area contributed by atoms with Gasteiger partial charge < -0.3 is 29.5 Å². The molecule has 0 unspecified atom stereocenters. The van der Waals surface area contributed by atoms with Crippen LogP contribution in [0.15, 0.2) is 46.8 Å². The summed E-state index contributed by atoms with van der Waals surface area (Å²) in [6.07, 6.45) is 0. The van der Waals surface area contributed by atoms with E-state index in [1.807, 2.05) is 30.3 Å². The number of carbonyl (C=O) groups is 1. The van der Waals surface area contributed by atoms with E-state index in [1.54, 1.807) is 35.4 Å². The van der Waals surface area contributed by atoms with Crippen LogP contribution in [0.25, 0.3) is 10.2 Å².